The molecule has 1 N–H and O–H groups in total. The Labute approximate surface area is 257 Å². The first-order chi connectivity index (χ1) is 19.3. The molecule has 7 nitrogen and oxygen atoms in total. The Morgan fingerprint density at radius 1 is 0.976 bits per heavy atom. The third-order valence-electron chi connectivity index (χ3n) is 6.54. The molecular weight excluding hydrogens is 626 g/mol. The van der Waals surface area contributed by atoms with Crippen LogP contribution in [0.1, 0.15) is 43.4 Å². The van der Waals surface area contributed by atoms with E-state index in [4.69, 9.17) is 11.6 Å². The minimum absolute atomic E-state index is 0.0554. The molecule has 3 rings (SSSR count). The summed E-state index contributed by atoms with van der Waals surface area (Å²) in [5.74, 6) is -0.472. The van der Waals surface area contributed by atoms with Crippen LogP contribution in [0.4, 0.5) is 5.69 Å². The zero-order chi connectivity index (χ0) is 30.2. The van der Waals surface area contributed by atoms with E-state index in [0.717, 1.165) is 27.4 Å². The Kier molecular flexibility index (Phi) is 11.8. The van der Waals surface area contributed by atoms with Crippen molar-refractivity contribution >= 4 is 55.1 Å². The van der Waals surface area contributed by atoms with Crippen LogP contribution in [0, 0.1) is 6.92 Å². The molecule has 41 heavy (non-hydrogen) atoms. The topological polar surface area (TPSA) is 86.8 Å². The second-order valence-corrected chi connectivity index (χ2v) is 13.6. The van der Waals surface area contributed by atoms with Crippen molar-refractivity contribution in [1.82, 2.24) is 10.2 Å². The molecule has 0 spiro atoms. The second-order valence-electron chi connectivity index (χ2n) is 10.4. The molecule has 0 bridgehead atoms. The summed E-state index contributed by atoms with van der Waals surface area (Å²) in [7, 11) is -3.63. The fourth-order valence-corrected chi connectivity index (χ4v) is 6.23. The number of amides is 2. The van der Waals surface area contributed by atoms with Crippen molar-refractivity contribution in [3.8, 4) is 0 Å². The molecule has 0 saturated carbocycles. The number of benzene rings is 3. The molecule has 2 amide bonds. The smallest absolute Gasteiger partial charge is 0.243 e. The van der Waals surface area contributed by atoms with E-state index in [1.807, 2.05) is 75.4 Å². The van der Waals surface area contributed by atoms with Crippen LogP contribution in [-0.4, -0.2) is 50.0 Å². The van der Waals surface area contributed by atoms with Crippen molar-refractivity contribution in [2.24, 2.45) is 0 Å². The first-order valence-corrected chi connectivity index (χ1v) is 16.5. The number of rotatable bonds is 13. The van der Waals surface area contributed by atoms with Gasteiger partial charge in [-0.1, -0.05) is 76.1 Å². The molecule has 220 valence electrons. The number of hydrogen-bond donors (Lipinski definition) is 1. The summed E-state index contributed by atoms with van der Waals surface area (Å²) in [6.07, 6.45) is 1.80. The number of anilines is 1. The minimum Gasteiger partial charge on any atom is -0.352 e. The lowest BCUT2D eigenvalue weighted by molar-refractivity contribution is -0.141. The van der Waals surface area contributed by atoms with Gasteiger partial charge in [0.05, 0.1) is 11.9 Å². The SMILES string of the molecule is Cc1ccc(Cl)cc1N(CCCC(=O)N(Cc1cccc(Br)c1)C(Cc1ccccc1)C(=O)NC(C)C)S(C)(=O)=O. The van der Waals surface area contributed by atoms with Crippen molar-refractivity contribution in [2.75, 3.05) is 17.1 Å². The number of nitrogens with zero attached hydrogens (tertiary/aromatic N) is 2. The van der Waals surface area contributed by atoms with Crippen LogP contribution in [-0.2, 0) is 32.6 Å². The summed E-state index contributed by atoms with van der Waals surface area (Å²) in [5.41, 5.74) is 3.05. The van der Waals surface area contributed by atoms with E-state index in [1.54, 1.807) is 23.1 Å². The van der Waals surface area contributed by atoms with Crippen LogP contribution in [0.25, 0.3) is 0 Å². The molecule has 3 aromatic carbocycles. The van der Waals surface area contributed by atoms with Gasteiger partial charge in [0.25, 0.3) is 0 Å². The number of carbonyl (C=O) groups is 2. The molecular formula is C31H37BrClN3O4S. The third-order valence-corrected chi connectivity index (χ3v) is 8.44. The Balaban J connectivity index is 1.90. The molecule has 10 heteroatoms. The number of halogens is 2. The highest BCUT2D eigenvalue weighted by molar-refractivity contribution is 9.10. The maximum atomic E-state index is 13.9. The highest BCUT2D eigenvalue weighted by Gasteiger charge is 2.31. The van der Waals surface area contributed by atoms with E-state index in [9.17, 15) is 18.0 Å². The predicted octanol–water partition coefficient (Wildman–Crippen LogP) is 6.12. The van der Waals surface area contributed by atoms with Gasteiger partial charge in [0.1, 0.15) is 6.04 Å². The Hall–Kier alpha value is -2.88. The normalized spacial score (nSPS) is 12.2. The number of carbonyl (C=O) groups excluding carboxylic acids is 2. The summed E-state index contributed by atoms with van der Waals surface area (Å²) in [4.78, 5) is 29.0. The van der Waals surface area contributed by atoms with Crippen molar-refractivity contribution in [1.29, 1.82) is 0 Å². The van der Waals surface area contributed by atoms with Gasteiger partial charge < -0.3 is 10.2 Å². The first kappa shape index (κ1) is 32.6. The van der Waals surface area contributed by atoms with Crippen molar-refractivity contribution in [2.45, 2.75) is 58.7 Å². The summed E-state index contributed by atoms with van der Waals surface area (Å²) >= 11 is 9.67. The Morgan fingerprint density at radius 3 is 2.29 bits per heavy atom. The minimum atomic E-state index is -3.63. The molecule has 1 unspecified atom stereocenters. The number of hydrogen-bond acceptors (Lipinski definition) is 4. The molecule has 0 aliphatic rings. The van der Waals surface area contributed by atoms with Gasteiger partial charge in [-0.15, -0.1) is 0 Å². The van der Waals surface area contributed by atoms with Crippen LogP contribution in [0.15, 0.2) is 77.3 Å². The van der Waals surface area contributed by atoms with Gasteiger partial charge in [-0.25, -0.2) is 8.42 Å². The first-order valence-electron chi connectivity index (χ1n) is 13.5. The van der Waals surface area contributed by atoms with Gasteiger partial charge in [-0.2, -0.15) is 0 Å². The monoisotopic (exact) mass is 661 g/mol. The molecule has 0 aromatic heterocycles. The van der Waals surface area contributed by atoms with Gasteiger partial charge in [0.2, 0.25) is 21.8 Å². The Morgan fingerprint density at radius 2 is 1.66 bits per heavy atom. The van der Waals surface area contributed by atoms with E-state index in [1.165, 1.54) is 4.31 Å². The molecule has 1 atom stereocenters. The summed E-state index contributed by atoms with van der Waals surface area (Å²) in [6.45, 7) is 5.91. The van der Waals surface area contributed by atoms with Crippen LogP contribution < -0.4 is 9.62 Å². The van der Waals surface area contributed by atoms with Gasteiger partial charge in [-0.05, 0) is 68.1 Å². The predicted molar refractivity (Wildman–Crippen MR) is 170 cm³/mol. The maximum Gasteiger partial charge on any atom is 0.243 e. The fourth-order valence-electron chi connectivity index (χ4n) is 4.60. The average Bonchev–Trinajstić information content (AvgIpc) is 2.89. The highest BCUT2D eigenvalue weighted by atomic mass is 79.9. The van der Waals surface area contributed by atoms with Crippen LogP contribution in [0.5, 0.6) is 0 Å². The highest BCUT2D eigenvalue weighted by Crippen LogP contribution is 2.27. The average molecular weight is 663 g/mol. The number of nitrogens with one attached hydrogen (secondary N) is 1. The standard InChI is InChI=1S/C31H37BrClN3O4S/c1-22(2)34-31(38)29(19-24-10-6-5-7-11-24)35(21-25-12-8-13-26(32)18-25)30(37)14-9-17-36(41(4,39)40)28-20-27(33)16-15-23(28)3/h5-8,10-13,15-16,18,20,22,29H,9,14,17,19,21H2,1-4H3,(H,34,38). The lowest BCUT2D eigenvalue weighted by Crippen LogP contribution is -2.51. The summed E-state index contributed by atoms with van der Waals surface area (Å²) in [6, 6.07) is 21.5. The molecule has 0 heterocycles. The third kappa shape index (κ3) is 9.87. The van der Waals surface area contributed by atoms with Gasteiger partial charge >= 0.3 is 0 Å². The summed E-state index contributed by atoms with van der Waals surface area (Å²) < 4.78 is 27.6. The van der Waals surface area contributed by atoms with Crippen molar-refractivity contribution in [3.05, 3.63) is 99.0 Å². The van der Waals surface area contributed by atoms with E-state index in [2.05, 4.69) is 21.2 Å². The lowest BCUT2D eigenvalue weighted by atomic mass is 10.0. The van der Waals surface area contributed by atoms with Gasteiger partial charge in [0.15, 0.2) is 0 Å². The largest absolute Gasteiger partial charge is 0.352 e. The van der Waals surface area contributed by atoms with E-state index < -0.39 is 16.1 Å². The van der Waals surface area contributed by atoms with Crippen molar-refractivity contribution < 1.29 is 18.0 Å². The number of sulfonamides is 1. The van der Waals surface area contributed by atoms with Crippen molar-refractivity contribution in [3.63, 3.8) is 0 Å². The molecule has 0 aliphatic carbocycles. The van der Waals surface area contributed by atoms with Gasteiger partial charge in [-0.3, -0.25) is 13.9 Å². The number of aryl methyl sites for hydroxylation is 1. The molecule has 0 fully saturated rings. The quantitative estimate of drug-likeness (QED) is 0.239. The van der Waals surface area contributed by atoms with Crippen LogP contribution >= 0.6 is 27.5 Å². The maximum absolute atomic E-state index is 13.9. The zero-order valence-electron chi connectivity index (χ0n) is 23.8. The molecule has 0 aliphatic heterocycles. The van der Waals surface area contributed by atoms with E-state index in [-0.39, 0.29) is 43.8 Å². The van der Waals surface area contributed by atoms with Gasteiger partial charge in [0, 0.05) is 41.5 Å². The van der Waals surface area contributed by atoms with E-state index >= 15 is 0 Å². The van der Waals surface area contributed by atoms with Crippen LogP contribution in [0.2, 0.25) is 5.02 Å². The summed E-state index contributed by atoms with van der Waals surface area (Å²) in [5, 5.41) is 3.41. The second kappa shape index (κ2) is 14.8. The molecule has 3 aromatic rings. The lowest BCUT2D eigenvalue weighted by Gasteiger charge is -2.32. The zero-order valence-corrected chi connectivity index (χ0v) is 27.0. The fraction of sp³-hybridized carbons (Fsp3) is 0.355. The van der Waals surface area contributed by atoms with Crippen LogP contribution in [0.3, 0.4) is 0 Å². The van der Waals surface area contributed by atoms with E-state index in [0.29, 0.717) is 17.1 Å². The molecule has 0 saturated heterocycles. The molecule has 0 radical (unpaired) electrons. The Bertz CT molecular complexity index is 1450.